The zero-order chi connectivity index (χ0) is 36.7. The van der Waals surface area contributed by atoms with Crippen molar-refractivity contribution in [2.24, 2.45) is 0 Å². The third-order valence-electron chi connectivity index (χ3n) is 9.33. The largest absolute Gasteiger partial charge is 0.457 e. The van der Waals surface area contributed by atoms with Gasteiger partial charge in [-0.15, -0.1) is 0 Å². The molecule has 0 aliphatic rings. The predicted molar refractivity (Wildman–Crippen MR) is 211 cm³/mol. The number of ether oxygens (including phenoxy) is 2. The molecule has 53 heavy (non-hydrogen) atoms. The zero-order valence-corrected chi connectivity index (χ0v) is 30.7. The van der Waals surface area contributed by atoms with Gasteiger partial charge < -0.3 is 9.47 Å². The number of fused-ring (bicyclic) bond motifs is 3. The first-order chi connectivity index (χ1) is 25.5. The van der Waals surface area contributed by atoms with Crippen LogP contribution in [0.2, 0.25) is 0 Å². The van der Waals surface area contributed by atoms with Crippen LogP contribution in [-0.2, 0) is 10.8 Å². The highest BCUT2D eigenvalue weighted by Crippen LogP contribution is 2.40. The minimum Gasteiger partial charge on any atom is -0.457 e. The first-order valence-corrected chi connectivity index (χ1v) is 17.7. The Balaban J connectivity index is 1.22. The Labute approximate surface area is 309 Å². The maximum Gasteiger partial charge on any atom is 0.237 e. The van der Waals surface area contributed by atoms with Gasteiger partial charge in [0.1, 0.15) is 35.7 Å². The van der Waals surface area contributed by atoms with E-state index >= 15 is 0 Å². The van der Waals surface area contributed by atoms with Gasteiger partial charge in [0, 0.05) is 46.4 Å². The van der Waals surface area contributed by atoms with Crippen LogP contribution in [0.15, 0.2) is 134 Å². The molecule has 4 aromatic carbocycles. The van der Waals surface area contributed by atoms with Crippen LogP contribution in [0.1, 0.15) is 52.7 Å². The lowest BCUT2D eigenvalue weighted by Crippen LogP contribution is -2.11. The molecule has 0 atom stereocenters. The summed E-state index contributed by atoms with van der Waals surface area (Å²) in [5, 5.41) is 2.06. The van der Waals surface area contributed by atoms with E-state index in [-0.39, 0.29) is 10.8 Å². The molecule has 8 aromatic rings. The summed E-state index contributed by atoms with van der Waals surface area (Å²) in [6, 6.07) is 36.8. The number of aromatic nitrogens is 6. The van der Waals surface area contributed by atoms with Gasteiger partial charge in [-0.05, 0) is 107 Å². The van der Waals surface area contributed by atoms with Crippen molar-refractivity contribution in [2.45, 2.75) is 52.4 Å². The zero-order valence-electron chi connectivity index (χ0n) is 30.7. The topological polar surface area (TPSA) is 87.8 Å². The second-order valence-electron chi connectivity index (χ2n) is 15.3. The Morgan fingerprint density at radius 1 is 0.472 bits per heavy atom. The highest BCUT2D eigenvalue weighted by molar-refractivity contribution is 6.09. The molecule has 0 fully saturated rings. The van der Waals surface area contributed by atoms with Gasteiger partial charge in [-0.25, -0.2) is 15.0 Å². The molecule has 8 nitrogen and oxygen atoms in total. The summed E-state index contributed by atoms with van der Waals surface area (Å²) in [4.78, 5) is 22.4. The molecule has 0 N–H and O–H groups in total. The molecule has 0 saturated heterocycles. The smallest absolute Gasteiger partial charge is 0.237 e. The second-order valence-corrected chi connectivity index (χ2v) is 15.3. The lowest BCUT2D eigenvalue weighted by atomic mass is 9.85. The van der Waals surface area contributed by atoms with Gasteiger partial charge in [0.15, 0.2) is 0 Å². The molecule has 0 saturated carbocycles. The minimum atomic E-state index is -0.0915. The molecule has 0 unspecified atom stereocenters. The molecule has 0 radical (unpaired) electrons. The van der Waals surface area contributed by atoms with Crippen LogP contribution in [-0.4, -0.2) is 29.5 Å². The fourth-order valence-electron chi connectivity index (χ4n) is 6.49. The van der Waals surface area contributed by atoms with Gasteiger partial charge in [0.2, 0.25) is 5.95 Å². The Hall–Kier alpha value is -6.41. The van der Waals surface area contributed by atoms with Gasteiger partial charge in [0.25, 0.3) is 0 Å². The molecule has 8 rings (SSSR count). The lowest BCUT2D eigenvalue weighted by Gasteiger charge is -2.21. The van der Waals surface area contributed by atoms with Crippen molar-refractivity contribution in [3.8, 4) is 51.5 Å². The molecule has 0 spiro atoms. The molecule has 8 heteroatoms. The van der Waals surface area contributed by atoms with E-state index in [2.05, 4.69) is 103 Å². The van der Waals surface area contributed by atoms with Gasteiger partial charge >= 0.3 is 0 Å². The Bertz CT molecular complexity index is 2410. The quantitative estimate of drug-likeness (QED) is 0.164. The first-order valence-electron chi connectivity index (χ1n) is 17.7. The third kappa shape index (κ3) is 6.96. The lowest BCUT2D eigenvalue weighted by molar-refractivity contribution is 0.479. The van der Waals surface area contributed by atoms with Gasteiger partial charge in [0.05, 0.1) is 22.4 Å². The number of benzene rings is 4. The molecule has 4 aromatic heterocycles. The summed E-state index contributed by atoms with van der Waals surface area (Å²) in [6.07, 6.45) is 6.64. The van der Waals surface area contributed by atoms with Crippen LogP contribution >= 0.6 is 0 Å². The SMILES string of the molecule is CC(C)(C)c1cc(Oc2ccc3c4ccc(Oc5cc(-c6ccccn6)cc(C(C)(C)C)c5)cc4n(-c4ncncn4)c3c2)cc(-c2ccccn2)c1. The van der Waals surface area contributed by atoms with Crippen molar-refractivity contribution >= 4 is 21.8 Å². The monoisotopic (exact) mass is 696 g/mol. The van der Waals surface area contributed by atoms with Crippen molar-refractivity contribution < 1.29 is 9.47 Å². The first kappa shape index (κ1) is 33.7. The van der Waals surface area contributed by atoms with Crippen molar-refractivity contribution in [1.82, 2.24) is 29.5 Å². The Morgan fingerprint density at radius 2 is 0.943 bits per heavy atom. The van der Waals surface area contributed by atoms with Crippen LogP contribution in [0, 0.1) is 0 Å². The summed E-state index contributed by atoms with van der Waals surface area (Å²) in [5.74, 6) is 3.34. The third-order valence-corrected chi connectivity index (χ3v) is 9.33. The maximum atomic E-state index is 6.64. The van der Waals surface area contributed by atoms with E-state index in [0.29, 0.717) is 17.4 Å². The van der Waals surface area contributed by atoms with Gasteiger partial charge in [-0.3, -0.25) is 14.5 Å². The minimum absolute atomic E-state index is 0.0915. The van der Waals surface area contributed by atoms with Crippen molar-refractivity contribution in [3.05, 3.63) is 145 Å². The van der Waals surface area contributed by atoms with E-state index in [4.69, 9.17) is 9.47 Å². The molecule has 0 bridgehead atoms. The fourth-order valence-corrected chi connectivity index (χ4v) is 6.49. The maximum absolute atomic E-state index is 6.64. The fraction of sp³-hybridized carbons (Fsp3) is 0.178. The highest BCUT2D eigenvalue weighted by atomic mass is 16.5. The van der Waals surface area contributed by atoms with Crippen LogP contribution in [0.4, 0.5) is 0 Å². The van der Waals surface area contributed by atoms with Crippen LogP contribution < -0.4 is 9.47 Å². The van der Waals surface area contributed by atoms with Gasteiger partial charge in [-0.1, -0.05) is 53.7 Å². The van der Waals surface area contributed by atoms with Crippen LogP contribution in [0.5, 0.6) is 23.0 Å². The number of hydrogen-bond acceptors (Lipinski definition) is 7. The van der Waals surface area contributed by atoms with E-state index < -0.39 is 0 Å². The van der Waals surface area contributed by atoms with Crippen molar-refractivity contribution in [2.75, 3.05) is 0 Å². The average molecular weight is 697 g/mol. The molecule has 4 heterocycles. The van der Waals surface area contributed by atoms with E-state index in [0.717, 1.165) is 66.9 Å². The number of hydrogen-bond donors (Lipinski definition) is 0. The molecule has 262 valence electrons. The number of pyridine rings is 2. The molecule has 0 amide bonds. The Kier molecular flexibility index (Phi) is 8.45. The summed E-state index contributed by atoms with van der Waals surface area (Å²) < 4.78 is 15.3. The number of rotatable bonds is 7. The van der Waals surface area contributed by atoms with Crippen molar-refractivity contribution in [1.29, 1.82) is 0 Å². The van der Waals surface area contributed by atoms with E-state index in [9.17, 15) is 0 Å². The second kappa shape index (κ2) is 13.3. The molecular weight excluding hydrogens is 657 g/mol. The van der Waals surface area contributed by atoms with Gasteiger partial charge in [-0.2, -0.15) is 0 Å². The summed E-state index contributed by atoms with van der Waals surface area (Å²) >= 11 is 0. The molecule has 0 aliphatic heterocycles. The predicted octanol–water partition coefficient (Wildman–Crippen LogP) is 11.3. The van der Waals surface area contributed by atoms with Crippen LogP contribution in [0.3, 0.4) is 0 Å². The summed E-state index contributed by atoms with van der Waals surface area (Å²) in [6.45, 7) is 13.2. The molecule has 0 aliphatic carbocycles. The average Bonchev–Trinajstić information content (AvgIpc) is 3.47. The summed E-state index contributed by atoms with van der Waals surface area (Å²) in [5.41, 5.74) is 7.71. The molecular formula is C45H40N6O2. The van der Waals surface area contributed by atoms with E-state index in [1.807, 2.05) is 89.8 Å². The van der Waals surface area contributed by atoms with E-state index in [1.54, 1.807) is 0 Å². The van der Waals surface area contributed by atoms with E-state index in [1.165, 1.54) is 12.7 Å². The Morgan fingerprint density at radius 3 is 1.36 bits per heavy atom. The number of nitrogens with zero attached hydrogens (tertiary/aromatic N) is 6. The normalized spacial score (nSPS) is 12.0. The van der Waals surface area contributed by atoms with Crippen molar-refractivity contribution in [3.63, 3.8) is 0 Å². The summed E-state index contributed by atoms with van der Waals surface area (Å²) in [7, 11) is 0. The highest BCUT2D eigenvalue weighted by Gasteiger charge is 2.21. The van der Waals surface area contributed by atoms with Crippen LogP contribution in [0.25, 0.3) is 50.3 Å². The standard InChI is InChI=1S/C45H40N6O2/c1-44(2,3)31-19-29(39-11-7-9-17-47-39)21-35(23-31)52-33-13-15-37-38-16-14-34(26-42(38)51(41(37)25-33)43-49-27-46-28-50-43)53-36-22-30(40-12-8-10-18-48-40)20-32(24-36)45(4,5)6/h7-28H,1-6H3.